The van der Waals surface area contributed by atoms with E-state index >= 15 is 0 Å². The molecule has 6 rings (SSSR count). The highest BCUT2D eigenvalue weighted by Crippen LogP contribution is 1.74. The van der Waals surface area contributed by atoms with Gasteiger partial charge in [-0.2, -0.15) is 15.2 Å². The number of nitrogens with zero attached hydrogens (tertiary/aromatic N) is 11. The molecule has 17 nitrogen and oxygen atoms in total. The SMILES string of the molecule is Cn1ccc(=O)cc1.Cn1ccc(=O)cn1.Cn1ccc(=O)nc1.Cn1ccncc1=O.Cn1cnccc1=O.Cn1ncccc1=O. The molecule has 0 radical (unpaired) electrons. The van der Waals surface area contributed by atoms with E-state index in [0.29, 0.717) is 0 Å². The molecule has 252 valence electrons. The second-order valence-corrected chi connectivity index (χ2v) is 9.34. The molecule has 0 aliphatic rings. The van der Waals surface area contributed by atoms with Gasteiger partial charge in [0.1, 0.15) is 0 Å². The molecule has 0 atom stereocenters. The van der Waals surface area contributed by atoms with Gasteiger partial charge in [-0.15, -0.1) is 0 Å². The van der Waals surface area contributed by atoms with Gasteiger partial charge in [0.2, 0.25) is 0 Å². The van der Waals surface area contributed by atoms with Crippen molar-refractivity contribution >= 4 is 0 Å². The van der Waals surface area contributed by atoms with Crippen molar-refractivity contribution in [3.05, 3.63) is 179 Å². The molecule has 0 aliphatic heterocycles. The summed E-state index contributed by atoms with van der Waals surface area (Å²) in [5.41, 5.74) is -0.366. The van der Waals surface area contributed by atoms with Crippen LogP contribution in [0.5, 0.6) is 0 Å². The van der Waals surface area contributed by atoms with E-state index in [1.165, 1.54) is 81.5 Å². The molecular weight excluding hydrogens is 622 g/mol. The molecule has 0 N–H and O–H groups in total. The second-order valence-electron chi connectivity index (χ2n) is 9.34. The van der Waals surface area contributed by atoms with Crippen LogP contribution in [0.1, 0.15) is 0 Å². The van der Waals surface area contributed by atoms with Crippen molar-refractivity contribution in [2.75, 3.05) is 0 Å². The molecule has 48 heavy (non-hydrogen) atoms. The zero-order valence-electron chi connectivity index (χ0n) is 27.3. The molecule has 0 aromatic carbocycles. The van der Waals surface area contributed by atoms with Crippen LogP contribution < -0.4 is 33.1 Å². The maximum absolute atomic E-state index is 10.5. The van der Waals surface area contributed by atoms with Crippen LogP contribution in [-0.2, 0) is 42.3 Å². The van der Waals surface area contributed by atoms with Crippen LogP contribution in [0.2, 0.25) is 0 Å². The van der Waals surface area contributed by atoms with Crippen molar-refractivity contribution < 1.29 is 0 Å². The van der Waals surface area contributed by atoms with Gasteiger partial charge in [0.05, 0.1) is 25.0 Å². The summed E-state index contributed by atoms with van der Waals surface area (Å²) in [4.78, 5) is 73.4. The summed E-state index contributed by atoms with van der Waals surface area (Å²) < 4.78 is 9.26. The van der Waals surface area contributed by atoms with Crippen LogP contribution in [0.15, 0.2) is 146 Å². The molecule has 0 unspecified atom stereocenters. The topological polar surface area (TPSA) is 196 Å². The smallest absolute Gasteiger partial charge is 0.272 e. The summed E-state index contributed by atoms with van der Waals surface area (Å²) >= 11 is 0. The van der Waals surface area contributed by atoms with Gasteiger partial charge < -0.3 is 18.3 Å². The maximum Gasteiger partial charge on any atom is 0.272 e. The van der Waals surface area contributed by atoms with Gasteiger partial charge in [0.25, 0.3) is 22.2 Å². The highest BCUT2D eigenvalue weighted by molar-refractivity contribution is 4.92. The molecule has 0 fully saturated rings. The van der Waals surface area contributed by atoms with E-state index < -0.39 is 0 Å². The molecule has 17 heteroatoms. The largest absolute Gasteiger partial charge is 0.357 e. The number of hydrogen-bond donors (Lipinski definition) is 0. The predicted molar refractivity (Wildman–Crippen MR) is 179 cm³/mol. The van der Waals surface area contributed by atoms with Gasteiger partial charge in [0, 0.05) is 128 Å². The van der Waals surface area contributed by atoms with Gasteiger partial charge in [0.15, 0.2) is 10.9 Å². The van der Waals surface area contributed by atoms with E-state index in [0.717, 1.165) is 0 Å². The Kier molecular flexibility index (Phi) is 18.0. The predicted octanol–water partition coefficient (Wildman–Crippen LogP) is -0.713. The molecular formula is C31H37N11O6. The lowest BCUT2D eigenvalue weighted by molar-refractivity contribution is 0.707. The van der Waals surface area contributed by atoms with Crippen molar-refractivity contribution in [2.24, 2.45) is 42.3 Å². The lowest BCUT2D eigenvalue weighted by atomic mass is 10.5. The van der Waals surface area contributed by atoms with Gasteiger partial charge in [-0.25, -0.2) is 9.67 Å². The maximum atomic E-state index is 10.5. The number of rotatable bonds is 0. The van der Waals surface area contributed by atoms with Crippen LogP contribution >= 0.6 is 0 Å². The standard InChI is InChI=1S/C6H7NO.5C5H6N2O/c1-7-4-2-6(8)3-5-7;1-7-3-2-6-4-5(7)8;1-7-3-2-5(8)6-4-7;1-7-4-6-3-2-5(7)8;1-7-3-2-5(8)4-6-7;1-7-5(8)3-2-4-6-7/h2-5H,1H3;5*2-4H,1H3. The average molecular weight is 660 g/mol. The first-order valence-corrected chi connectivity index (χ1v) is 13.8. The lowest BCUT2D eigenvalue weighted by Crippen LogP contribution is -2.16. The Morgan fingerprint density at radius 1 is 0.500 bits per heavy atom. The minimum absolute atomic E-state index is 0.0278. The van der Waals surface area contributed by atoms with Crippen LogP contribution in [0.4, 0.5) is 0 Å². The number of hydrogen-bond acceptors (Lipinski definition) is 11. The summed E-state index contributed by atoms with van der Waals surface area (Å²) in [6.45, 7) is 0. The molecule has 0 spiro atoms. The van der Waals surface area contributed by atoms with E-state index in [1.54, 1.807) is 86.9 Å². The number of pyridine rings is 1. The van der Waals surface area contributed by atoms with Crippen LogP contribution in [-0.4, -0.2) is 52.8 Å². The number of aryl methyl sites for hydroxylation is 6. The Balaban J connectivity index is 0.000000288. The van der Waals surface area contributed by atoms with Crippen LogP contribution in [0, 0.1) is 0 Å². The Bertz CT molecular complexity index is 1860. The fraction of sp³-hybridized carbons (Fsp3) is 0.194. The van der Waals surface area contributed by atoms with Crippen molar-refractivity contribution in [1.82, 2.24) is 52.8 Å². The van der Waals surface area contributed by atoms with E-state index in [1.807, 2.05) is 18.7 Å². The average Bonchev–Trinajstić information content (AvgIpc) is 3.07. The highest BCUT2D eigenvalue weighted by Gasteiger charge is 1.83. The van der Waals surface area contributed by atoms with Gasteiger partial charge in [-0.1, -0.05) is 0 Å². The Labute approximate surface area is 274 Å². The van der Waals surface area contributed by atoms with Crippen molar-refractivity contribution in [2.45, 2.75) is 0 Å². The van der Waals surface area contributed by atoms with Crippen molar-refractivity contribution in [3.63, 3.8) is 0 Å². The minimum Gasteiger partial charge on any atom is -0.357 e. The van der Waals surface area contributed by atoms with Crippen LogP contribution in [0.25, 0.3) is 0 Å². The van der Waals surface area contributed by atoms with E-state index in [-0.39, 0.29) is 33.1 Å². The van der Waals surface area contributed by atoms with Crippen molar-refractivity contribution in [1.29, 1.82) is 0 Å². The number of aromatic nitrogens is 11. The fourth-order valence-corrected chi connectivity index (χ4v) is 2.57. The zero-order valence-corrected chi connectivity index (χ0v) is 27.3. The monoisotopic (exact) mass is 659 g/mol. The summed E-state index contributed by atoms with van der Waals surface area (Å²) in [7, 11) is 10.4. The Hall–Kier alpha value is -6.65. The van der Waals surface area contributed by atoms with Gasteiger partial charge >= 0.3 is 0 Å². The third kappa shape index (κ3) is 18.2. The quantitative estimate of drug-likeness (QED) is 0.200. The molecule has 0 amide bonds. The fourth-order valence-electron chi connectivity index (χ4n) is 2.57. The van der Waals surface area contributed by atoms with E-state index in [9.17, 15) is 28.8 Å². The molecule has 0 saturated heterocycles. The Morgan fingerprint density at radius 2 is 1.17 bits per heavy atom. The first-order valence-electron chi connectivity index (χ1n) is 13.8. The lowest BCUT2D eigenvalue weighted by Gasteiger charge is -1.89. The van der Waals surface area contributed by atoms with E-state index in [4.69, 9.17) is 0 Å². The molecule has 6 heterocycles. The summed E-state index contributed by atoms with van der Waals surface area (Å²) in [6.07, 6.45) is 18.5. The molecule has 6 aromatic rings. The summed E-state index contributed by atoms with van der Waals surface area (Å²) in [5.74, 6) is 0. The third-order valence-electron chi connectivity index (χ3n) is 5.27. The molecule has 6 aromatic heterocycles. The minimum atomic E-state index is -0.192. The highest BCUT2D eigenvalue weighted by atomic mass is 16.1. The first-order chi connectivity index (χ1) is 22.8. The second kappa shape index (κ2) is 22.0. The zero-order chi connectivity index (χ0) is 35.9. The molecule has 0 saturated carbocycles. The summed E-state index contributed by atoms with van der Waals surface area (Å²) in [6, 6.07) is 10.4. The molecule has 0 bridgehead atoms. The normalized spacial score (nSPS) is 9.12. The van der Waals surface area contributed by atoms with E-state index in [2.05, 4.69) is 25.1 Å². The van der Waals surface area contributed by atoms with Gasteiger partial charge in [-0.05, 0) is 6.07 Å². The van der Waals surface area contributed by atoms with Crippen molar-refractivity contribution in [3.8, 4) is 0 Å². The first kappa shape index (κ1) is 39.4. The third-order valence-corrected chi connectivity index (χ3v) is 5.27. The summed E-state index contributed by atoms with van der Waals surface area (Å²) in [5, 5.41) is 7.37. The van der Waals surface area contributed by atoms with Crippen LogP contribution in [0.3, 0.4) is 0 Å². The molecule has 0 aliphatic carbocycles. The van der Waals surface area contributed by atoms with Gasteiger partial charge in [-0.3, -0.25) is 38.4 Å². The Morgan fingerprint density at radius 3 is 1.54 bits per heavy atom.